The lowest BCUT2D eigenvalue weighted by molar-refractivity contribution is -0.139. The van der Waals surface area contributed by atoms with Gasteiger partial charge < -0.3 is 14.4 Å². The summed E-state index contributed by atoms with van der Waals surface area (Å²) in [7, 11) is 1.55. The molecule has 2 fully saturated rings. The van der Waals surface area contributed by atoms with Gasteiger partial charge in [0, 0.05) is 24.7 Å². The summed E-state index contributed by atoms with van der Waals surface area (Å²) in [5.41, 5.74) is 1.13. The van der Waals surface area contributed by atoms with E-state index in [4.69, 9.17) is 9.47 Å². The smallest absolute Gasteiger partial charge is 0.316 e. The summed E-state index contributed by atoms with van der Waals surface area (Å²) in [5.74, 6) is -1.38. The molecule has 4 unspecified atom stereocenters. The molecular formula is C27H26N2O6. The van der Waals surface area contributed by atoms with Crippen molar-refractivity contribution in [2.75, 3.05) is 23.5 Å². The molecule has 5 rings (SSSR count). The van der Waals surface area contributed by atoms with Gasteiger partial charge in [0.05, 0.1) is 30.6 Å². The van der Waals surface area contributed by atoms with E-state index in [1.54, 1.807) is 60.5 Å². The molecule has 2 heterocycles. The number of allylic oxidation sites excluding steroid dienone is 2. The molecular weight excluding hydrogens is 448 g/mol. The molecule has 0 spiro atoms. The first-order valence-corrected chi connectivity index (χ1v) is 11.7. The van der Waals surface area contributed by atoms with Crippen LogP contribution < -0.4 is 19.3 Å². The fourth-order valence-electron chi connectivity index (χ4n) is 5.16. The van der Waals surface area contributed by atoms with E-state index in [2.05, 4.69) is 0 Å². The Morgan fingerprint density at radius 3 is 2.46 bits per heavy atom. The third kappa shape index (κ3) is 4.09. The molecule has 8 heteroatoms. The molecule has 0 saturated carbocycles. The molecule has 3 aliphatic rings. The number of nitrogens with zero attached hydrogens (tertiary/aromatic N) is 2. The number of fused-ring (bicyclic) bond motifs is 1. The highest BCUT2D eigenvalue weighted by Gasteiger charge is 2.50. The van der Waals surface area contributed by atoms with Crippen LogP contribution >= 0.6 is 0 Å². The lowest BCUT2D eigenvalue weighted by Crippen LogP contribution is -2.31. The van der Waals surface area contributed by atoms with Crippen molar-refractivity contribution in [2.45, 2.75) is 19.8 Å². The van der Waals surface area contributed by atoms with E-state index in [9.17, 15) is 19.2 Å². The Labute approximate surface area is 203 Å². The van der Waals surface area contributed by atoms with Gasteiger partial charge in [0.15, 0.2) is 0 Å². The number of benzene rings is 2. The Balaban J connectivity index is 1.25. The van der Waals surface area contributed by atoms with Crippen LogP contribution in [0.3, 0.4) is 0 Å². The van der Waals surface area contributed by atoms with Crippen molar-refractivity contribution in [1.29, 1.82) is 0 Å². The molecule has 0 radical (unpaired) electrons. The minimum absolute atomic E-state index is 0.0149. The summed E-state index contributed by atoms with van der Waals surface area (Å²) in [6.45, 7) is 2.17. The van der Waals surface area contributed by atoms with Crippen molar-refractivity contribution < 1.29 is 28.7 Å². The normalized spacial score (nSPS) is 25.7. The number of carbonyl (C=O) groups excluding carboxylic acids is 4. The number of ether oxygens (including phenoxy) is 2. The molecule has 35 heavy (non-hydrogen) atoms. The lowest BCUT2D eigenvalue weighted by atomic mass is 9.78. The largest absolute Gasteiger partial charge is 0.497 e. The molecule has 180 valence electrons. The van der Waals surface area contributed by atoms with E-state index in [1.165, 1.54) is 4.90 Å². The number of methoxy groups -OCH3 is 1. The van der Waals surface area contributed by atoms with E-state index >= 15 is 0 Å². The highest BCUT2D eigenvalue weighted by Crippen LogP contribution is 2.40. The Hall–Kier alpha value is -3.94. The van der Waals surface area contributed by atoms with Crippen LogP contribution in [-0.2, 0) is 19.2 Å². The van der Waals surface area contributed by atoms with Crippen molar-refractivity contribution in [3.63, 3.8) is 0 Å². The SMILES string of the molecule is COc1cccc(N2CC(C(=O)Oc3ccc(N4C(=O)C5CC=CC(C)C5C4=O)cc3)CC2=O)c1. The van der Waals surface area contributed by atoms with E-state index in [0.717, 1.165) is 0 Å². The third-order valence-electron chi connectivity index (χ3n) is 7.01. The Morgan fingerprint density at radius 1 is 0.971 bits per heavy atom. The van der Waals surface area contributed by atoms with Gasteiger partial charge in [-0.25, -0.2) is 0 Å². The third-order valence-corrected chi connectivity index (χ3v) is 7.01. The van der Waals surface area contributed by atoms with Crippen LogP contribution in [0.2, 0.25) is 0 Å². The standard InChI is InChI=1S/C27H26N2O6/c1-16-5-3-8-22-24(16)26(32)29(25(22)31)18-9-11-20(12-10-18)35-27(33)17-13-23(30)28(15-17)19-6-4-7-21(14-19)34-2/h3-7,9-12,14,16-17,22,24H,8,13,15H2,1-2H3. The van der Waals surface area contributed by atoms with Gasteiger partial charge in [0.1, 0.15) is 11.5 Å². The maximum atomic E-state index is 13.0. The van der Waals surface area contributed by atoms with E-state index < -0.39 is 11.9 Å². The Morgan fingerprint density at radius 2 is 1.74 bits per heavy atom. The maximum Gasteiger partial charge on any atom is 0.316 e. The molecule has 4 atom stereocenters. The first-order valence-electron chi connectivity index (χ1n) is 11.7. The summed E-state index contributed by atoms with van der Waals surface area (Å²) >= 11 is 0. The summed E-state index contributed by atoms with van der Waals surface area (Å²) in [6, 6.07) is 13.5. The van der Waals surface area contributed by atoms with Crippen molar-refractivity contribution in [2.24, 2.45) is 23.7 Å². The number of esters is 1. The predicted octanol–water partition coefficient (Wildman–Crippen LogP) is 3.36. The molecule has 3 amide bonds. The number of carbonyl (C=O) groups is 4. The molecule has 1 aliphatic carbocycles. The fourth-order valence-corrected chi connectivity index (χ4v) is 5.16. The minimum atomic E-state index is -0.604. The van der Waals surface area contributed by atoms with Gasteiger partial charge in [-0.1, -0.05) is 25.1 Å². The van der Waals surface area contributed by atoms with Crippen molar-refractivity contribution in [1.82, 2.24) is 0 Å². The van der Waals surface area contributed by atoms with Crippen molar-refractivity contribution >= 4 is 35.1 Å². The predicted molar refractivity (Wildman–Crippen MR) is 128 cm³/mol. The van der Waals surface area contributed by atoms with Crippen LogP contribution in [0.4, 0.5) is 11.4 Å². The Kier molecular flexibility index (Phi) is 5.88. The van der Waals surface area contributed by atoms with Gasteiger partial charge in [0.25, 0.3) is 0 Å². The molecule has 0 aromatic heterocycles. The van der Waals surface area contributed by atoms with Crippen LogP contribution in [0.15, 0.2) is 60.7 Å². The van der Waals surface area contributed by atoms with Crippen LogP contribution in [0.25, 0.3) is 0 Å². The van der Waals surface area contributed by atoms with E-state index in [0.29, 0.717) is 23.5 Å². The topological polar surface area (TPSA) is 93.2 Å². The highest BCUT2D eigenvalue weighted by atomic mass is 16.5. The zero-order valence-corrected chi connectivity index (χ0v) is 19.5. The number of amides is 3. The van der Waals surface area contributed by atoms with Gasteiger partial charge >= 0.3 is 5.97 Å². The van der Waals surface area contributed by atoms with Gasteiger partial charge in [-0.05, 0) is 48.7 Å². The van der Waals surface area contributed by atoms with Gasteiger partial charge in [0.2, 0.25) is 17.7 Å². The van der Waals surface area contributed by atoms with Crippen LogP contribution in [0.5, 0.6) is 11.5 Å². The average molecular weight is 475 g/mol. The molecule has 2 aromatic carbocycles. The summed E-state index contributed by atoms with van der Waals surface area (Å²) in [5, 5.41) is 0. The summed E-state index contributed by atoms with van der Waals surface area (Å²) in [4.78, 5) is 53.9. The zero-order chi connectivity index (χ0) is 24.7. The summed E-state index contributed by atoms with van der Waals surface area (Å²) in [6.07, 6.45) is 4.58. The second-order valence-corrected chi connectivity index (χ2v) is 9.19. The van der Waals surface area contributed by atoms with Gasteiger partial charge in [-0.3, -0.25) is 24.1 Å². The first kappa shape index (κ1) is 22.8. The average Bonchev–Trinajstić information content (AvgIpc) is 3.38. The summed E-state index contributed by atoms with van der Waals surface area (Å²) < 4.78 is 10.7. The lowest BCUT2D eigenvalue weighted by Gasteiger charge is -2.22. The van der Waals surface area contributed by atoms with E-state index in [-0.39, 0.29) is 54.2 Å². The number of anilines is 2. The second kappa shape index (κ2) is 9.02. The molecule has 8 nitrogen and oxygen atoms in total. The Bertz CT molecular complexity index is 1220. The number of rotatable bonds is 5. The molecule has 0 bridgehead atoms. The number of hydrogen-bond donors (Lipinski definition) is 0. The monoisotopic (exact) mass is 474 g/mol. The molecule has 2 saturated heterocycles. The highest BCUT2D eigenvalue weighted by molar-refractivity contribution is 6.22. The molecule has 2 aromatic rings. The zero-order valence-electron chi connectivity index (χ0n) is 19.5. The first-order chi connectivity index (χ1) is 16.9. The van der Waals surface area contributed by atoms with Crippen molar-refractivity contribution in [3.05, 3.63) is 60.7 Å². The van der Waals surface area contributed by atoms with Crippen molar-refractivity contribution in [3.8, 4) is 11.5 Å². The molecule has 0 N–H and O–H groups in total. The second-order valence-electron chi connectivity index (χ2n) is 9.19. The van der Waals surface area contributed by atoms with Crippen LogP contribution in [0.1, 0.15) is 19.8 Å². The number of imide groups is 1. The maximum absolute atomic E-state index is 13.0. The van der Waals surface area contributed by atoms with Gasteiger partial charge in [-0.2, -0.15) is 0 Å². The van der Waals surface area contributed by atoms with Crippen LogP contribution in [0, 0.1) is 23.7 Å². The molecule has 2 aliphatic heterocycles. The quantitative estimate of drug-likeness (QED) is 0.286. The fraction of sp³-hybridized carbons (Fsp3) is 0.333. The minimum Gasteiger partial charge on any atom is -0.497 e. The van der Waals surface area contributed by atoms with Crippen LogP contribution in [-0.4, -0.2) is 37.3 Å². The van der Waals surface area contributed by atoms with E-state index in [1.807, 2.05) is 19.1 Å². The van der Waals surface area contributed by atoms with Gasteiger partial charge in [-0.15, -0.1) is 0 Å². The number of hydrogen-bond acceptors (Lipinski definition) is 6.